The number of benzene rings is 2. The van der Waals surface area contributed by atoms with Gasteiger partial charge in [-0.2, -0.15) is 0 Å². The summed E-state index contributed by atoms with van der Waals surface area (Å²) in [5.74, 6) is -0.310. The maximum absolute atomic E-state index is 12.6. The summed E-state index contributed by atoms with van der Waals surface area (Å²) in [7, 11) is 0. The standard InChI is InChI=1S/C22H26N2O2/c1-4-18-7-5-6-16(3)21(18)24-14-19(12-20(24)25)22(26)23-13-17-10-8-15(2)9-11-17/h5-11,19H,4,12-14H2,1-3H3,(H,23,26). The maximum atomic E-state index is 12.6. The van der Waals surface area contributed by atoms with Crippen molar-refractivity contribution in [2.45, 2.75) is 40.2 Å². The molecule has 1 atom stereocenters. The lowest BCUT2D eigenvalue weighted by atomic mass is 10.0. The van der Waals surface area contributed by atoms with E-state index in [-0.39, 0.29) is 24.2 Å². The summed E-state index contributed by atoms with van der Waals surface area (Å²) in [4.78, 5) is 26.9. The lowest BCUT2D eigenvalue weighted by Gasteiger charge is -2.22. The molecule has 1 heterocycles. The Kier molecular flexibility index (Phi) is 5.40. The van der Waals surface area contributed by atoms with Gasteiger partial charge < -0.3 is 10.2 Å². The van der Waals surface area contributed by atoms with Gasteiger partial charge in [0.15, 0.2) is 0 Å². The van der Waals surface area contributed by atoms with Gasteiger partial charge in [0.25, 0.3) is 0 Å². The zero-order chi connectivity index (χ0) is 18.7. The number of aryl methyl sites for hydroxylation is 3. The zero-order valence-electron chi connectivity index (χ0n) is 15.7. The van der Waals surface area contributed by atoms with E-state index in [1.54, 1.807) is 4.90 Å². The Morgan fingerprint density at radius 3 is 2.58 bits per heavy atom. The quantitative estimate of drug-likeness (QED) is 0.897. The van der Waals surface area contributed by atoms with Gasteiger partial charge >= 0.3 is 0 Å². The van der Waals surface area contributed by atoms with Crippen molar-refractivity contribution in [1.82, 2.24) is 5.32 Å². The molecule has 26 heavy (non-hydrogen) atoms. The van der Waals surface area contributed by atoms with Crippen LogP contribution in [0.1, 0.15) is 35.6 Å². The third kappa shape index (κ3) is 3.79. The van der Waals surface area contributed by atoms with Gasteiger partial charge in [0, 0.05) is 25.2 Å². The van der Waals surface area contributed by atoms with Gasteiger partial charge in [-0.05, 0) is 37.0 Å². The highest BCUT2D eigenvalue weighted by atomic mass is 16.2. The van der Waals surface area contributed by atoms with Crippen LogP contribution in [0.15, 0.2) is 42.5 Å². The number of nitrogens with zero attached hydrogens (tertiary/aromatic N) is 1. The van der Waals surface area contributed by atoms with Crippen LogP contribution >= 0.6 is 0 Å². The fraction of sp³-hybridized carbons (Fsp3) is 0.364. The van der Waals surface area contributed by atoms with E-state index in [0.29, 0.717) is 13.1 Å². The van der Waals surface area contributed by atoms with Crippen LogP contribution in [0.4, 0.5) is 5.69 Å². The molecule has 1 fully saturated rings. The van der Waals surface area contributed by atoms with Crippen molar-refractivity contribution in [3.8, 4) is 0 Å². The SMILES string of the molecule is CCc1cccc(C)c1N1CC(C(=O)NCc2ccc(C)cc2)CC1=O. The number of carbonyl (C=O) groups excluding carboxylic acids is 2. The summed E-state index contributed by atoms with van der Waals surface area (Å²) in [6, 6.07) is 14.2. The molecule has 0 aliphatic carbocycles. The van der Waals surface area contributed by atoms with Crippen LogP contribution < -0.4 is 10.2 Å². The number of hydrogen-bond acceptors (Lipinski definition) is 2. The summed E-state index contributed by atoms with van der Waals surface area (Å²) in [6.45, 7) is 7.10. The molecular weight excluding hydrogens is 324 g/mol. The summed E-state index contributed by atoms with van der Waals surface area (Å²) < 4.78 is 0. The minimum atomic E-state index is -0.294. The molecule has 1 saturated heterocycles. The number of anilines is 1. The molecule has 1 aliphatic rings. The van der Waals surface area contributed by atoms with E-state index in [1.165, 1.54) is 5.56 Å². The molecule has 1 unspecified atom stereocenters. The van der Waals surface area contributed by atoms with Crippen molar-refractivity contribution in [2.75, 3.05) is 11.4 Å². The van der Waals surface area contributed by atoms with Gasteiger partial charge in [-0.3, -0.25) is 9.59 Å². The molecule has 136 valence electrons. The summed E-state index contributed by atoms with van der Waals surface area (Å²) in [5.41, 5.74) is 5.48. The largest absolute Gasteiger partial charge is 0.352 e. The van der Waals surface area contributed by atoms with Crippen LogP contribution in [0.5, 0.6) is 0 Å². The van der Waals surface area contributed by atoms with Crippen LogP contribution in [0.25, 0.3) is 0 Å². The van der Waals surface area contributed by atoms with Crippen LogP contribution in [-0.4, -0.2) is 18.4 Å². The molecule has 2 aromatic rings. The van der Waals surface area contributed by atoms with Crippen molar-refractivity contribution in [1.29, 1.82) is 0 Å². The number of carbonyl (C=O) groups is 2. The van der Waals surface area contributed by atoms with Gasteiger partial charge in [0.2, 0.25) is 11.8 Å². The van der Waals surface area contributed by atoms with Crippen molar-refractivity contribution in [2.24, 2.45) is 5.92 Å². The molecule has 4 nitrogen and oxygen atoms in total. The Morgan fingerprint density at radius 1 is 1.15 bits per heavy atom. The van der Waals surface area contributed by atoms with Crippen LogP contribution in [-0.2, 0) is 22.6 Å². The van der Waals surface area contributed by atoms with E-state index >= 15 is 0 Å². The van der Waals surface area contributed by atoms with Gasteiger partial charge in [-0.25, -0.2) is 0 Å². The second-order valence-corrected chi connectivity index (χ2v) is 7.04. The number of hydrogen-bond donors (Lipinski definition) is 1. The second-order valence-electron chi connectivity index (χ2n) is 7.04. The van der Waals surface area contributed by atoms with Gasteiger partial charge in [-0.1, -0.05) is 55.0 Å². The smallest absolute Gasteiger partial charge is 0.227 e. The highest BCUT2D eigenvalue weighted by Gasteiger charge is 2.36. The van der Waals surface area contributed by atoms with Crippen molar-refractivity contribution in [3.63, 3.8) is 0 Å². The number of rotatable bonds is 5. The predicted octanol–water partition coefficient (Wildman–Crippen LogP) is 3.54. The fourth-order valence-corrected chi connectivity index (χ4v) is 3.53. The lowest BCUT2D eigenvalue weighted by Crippen LogP contribution is -2.33. The maximum Gasteiger partial charge on any atom is 0.227 e. The topological polar surface area (TPSA) is 49.4 Å². The molecule has 2 aromatic carbocycles. The highest BCUT2D eigenvalue weighted by Crippen LogP contribution is 2.31. The first-order valence-electron chi connectivity index (χ1n) is 9.21. The van der Waals surface area contributed by atoms with Crippen LogP contribution in [0, 0.1) is 19.8 Å². The monoisotopic (exact) mass is 350 g/mol. The predicted molar refractivity (Wildman–Crippen MR) is 104 cm³/mol. The van der Waals surface area contributed by atoms with E-state index in [9.17, 15) is 9.59 Å². The Morgan fingerprint density at radius 2 is 1.88 bits per heavy atom. The van der Waals surface area contributed by atoms with Gasteiger partial charge in [0.05, 0.1) is 5.92 Å². The molecule has 4 heteroatoms. The minimum Gasteiger partial charge on any atom is -0.352 e. The van der Waals surface area contributed by atoms with Crippen LogP contribution in [0.2, 0.25) is 0 Å². The van der Waals surface area contributed by atoms with E-state index in [2.05, 4.69) is 18.3 Å². The first kappa shape index (κ1) is 18.2. The van der Waals surface area contributed by atoms with Crippen LogP contribution in [0.3, 0.4) is 0 Å². The van der Waals surface area contributed by atoms with Crippen molar-refractivity contribution >= 4 is 17.5 Å². The molecule has 1 aliphatic heterocycles. The lowest BCUT2D eigenvalue weighted by molar-refractivity contribution is -0.126. The summed E-state index contributed by atoms with van der Waals surface area (Å²) in [6.07, 6.45) is 1.14. The first-order chi connectivity index (χ1) is 12.5. The number of nitrogens with one attached hydrogen (secondary N) is 1. The van der Waals surface area contributed by atoms with E-state index in [0.717, 1.165) is 28.8 Å². The minimum absolute atomic E-state index is 0.0319. The third-order valence-corrected chi connectivity index (χ3v) is 5.06. The molecule has 0 saturated carbocycles. The van der Waals surface area contributed by atoms with E-state index in [4.69, 9.17) is 0 Å². The molecule has 0 bridgehead atoms. The summed E-state index contributed by atoms with van der Waals surface area (Å²) >= 11 is 0. The van der Waals surface area contributed by atoms with E-state index in [1.807, 2.05) is 50.2 Å². The average Bonchev–Trinajstić information content (AvgIpc) is 3.02. The first-order valence-corrected chi connectivity index (χ1v) is 9.21. The third-order valence-electron chi connectivity index (χ3n) is 5.06. The van der Waals surface area contributed by atoms with E-state index < -0.39 is 0 Å². The highest BCUT2D eigenvalue weighted by molar-refractivity contribution is 6.01. The Labute approximate surface area is 155 Å². The van der Waals surface area contributed by atoms with Gasteiger partial charge in [0.1, 0.15) is 0 Å². The molecule has 0 spiro atoms. The van der Waals surface area contributed by atoms with Crippen molar-refractivity contribution in [3.05, 3.63) is 64.7 Å². The molecular formula is C22H26N2O2. The average molecular weight is 350 g/mol. The second kappa shape index (κ2) is 7.73. The normalized spacial score (nSPS) is 16.8. The molecule has 0 radical (unpaired) electrons. The Balaban J connectivity index is 1.67. The molecule has 1 N–H and O–H groups in total. The fourth-order valence-electron chi connectivity index (χ4n) is 3.53. The van der Waals surface area contributed by atoms with Crippen molar-refractivity contribution < 1.29 is 9.59 Å². The Hall–Kier alpha value is -2.62. The number of amides is 2. The Bertz CT molecular complexity index is 811. The zero-order valence-corrected chi connectivity index (χ0v) is 15.7. The molecule has 2 amide bonds. The molecule has 3 rings (SSSR count). The molecule has 0 aromatic heterocycles. The van der Waals surface area contributed by atoms with Gasteiger partial charge in [-0.15, -0.1) is 0 Å². The summed E-state index contributed by atoms with van der Waals surface area (Å²) in [5, 5.41) is 2.98. The number of para-hydroxylation sites is 1.